The van der Waals surface area contributed by atoms with Gasteiger partial charge < -0.3 is 24.6 Å². The molecule has 3 aromatic rings. The van der Waals surface area contributed by atoms with Crippen LogP contribution < -0.4 is 10.3 Å². The Morgan fingerprint density at radius 3 is 2.47 bits per heavy atom. The van der Waals surface area contributed by atoms with Crippen LogP contribution in [0.2, 0.25) is 0 Å². The number of benzene rings is 2. The van der Waals surface area contributed by atoms with Gasteiger partial charge in [-0.25, -0.2) is 18.0 Å². The molecule has 2 N–H and O–H groups in total. The predicted molar refractivity (Wildman–Crippen MR) is 112 cm³/mol. The van der Waals surface area contributed by atoms with Crippen molar-refractivity contribution in [3.63, 3.8) is 0 Å². The summed E-state index contributed by atoms with van der Waals surface area (Å²) < 4.78 is 45.6. The summed E-state index contributed by atoms with van der Waals surface area (Å²) in [5, 5.41) is 18.7. The number of aliphatic hydroxyl groups is 1. The number of likely N-dealkylation sites (N-methyl/N-ethyl adjacent to an activating group) is 1. The third-order valence-electron chi connectivity index (χ3n) is 5.68. The van der Waals surface area contributed by atoms with E-state index in [-0.39, 0.29) is 24.4 Å². The molecule has 1 aromatic heterocycles. The highest BCUT2D eigenvalue weighted by atomic mass is 19.1. The normalized spacial score (nSPS) is 17.2. The molecule has 4 rings (SSSR count). The lowest BCUT2D eigenvalue weighted by Gasteiger charge is -2.41. The minimum absolute atomic E-state index is 0.187. The first-order chi connectivity index (χ1) is 15.2. The number of rotatable bonds is 4. The van der Waals surface area contributed by atoms with Crippen molar-refractivity contribution in [3.8, 4) is 5.69 Å². The van der Waals surface area contributed by atoms with E-state index in [1.54, 1.807) is 0 Å². The number of halogens is 3. The Balaban J connectivity index is 2.05. The highest BCUT2D eigenvalue weighted by molar-refractivity contribution is 5.94. The lowest BCUT2D eigenvalue weighted by molar-refractivity contribution is 0.0695. The Bertz CT molecular complexity index is 1260. The van der Waals surface area contributed by atoms with Crippen LogP contribution in [0.4, 0.5) is 18.9 Å². The molecular formula is C22H20F3N3O4. The molecule has 1 fully saturated rings. The van der Waals surface area contributed by atoms with Crippen molar-refractivity contribution in [2.24, 2.45) is 0 Å². The molecule has 0 saturated carbocycles. The van der Waals surface area contributed by atoms with Crippen molar-refractivity contribution >= 4 is 22.6 Å². The first-order valence-electron chi connectivity index (χ1n) is 9.85. The molecule has 1 saturated heterocycles. The maximum Gasteiger partial charge on any atom is 0.341 e. The van der Waals surface area contributed by atoms with Crippen LogP contribution in [0.15, 0.2) is 41.3 Å². The zero-order chi connectivity index (χ0) is 23.2. The summed E-state index contributed by atoms with van der Waals surface area (Å²) in [5.74, 6) is -4.23. The molecule has 0 radical (unpaired) electrons. The van der Waals surface area contributed by atoms with E-state index in [9.17, 15) is 24.2 Å². The average molecular weight is 447 g/mol. The first-order valence-corrected chi connectivity index (χ1v) is 9.85. The van der Waals surface area contributed by atoms with E-state index in [2.05, 4.69) is 0 Å². The number of aliphatic hydroxyl groups excluding tert-OH is 1. The van der Waals surface area contributed by atoms with Gasteiger partial charge in [-0.05, 0) is 37.4 Å². The maximum absolute atomic E-state index is 15.9. The number of aromatic nitrogens is 1. The van der Waals surface area contributed by atoms with E-state index < -0.39 is 51.5 Å². The summed E-state index contributed by atoms with van der Waals surface area (Å²) in [6.45, 7) is 0.755. The molecule has 168 valence electrons. The summed E-state index contributed by atoms with van der Waals surface area (Å²) in [6, 6.07) is 5.02. The molecule has 7 nitrogen and oxygen atoms in total. The molecule has 10 heteroatoms. The summed E-state index contributed by atoms with van der Waals surface area (Å²) in [7, 11) is 1.83. The van der Waals surface area contributed by atoms with Gasteiger partial charge >= 0.3 is 5.97 Å². The van der Waals surface area contributed by atoms with Crippen molar-refractivity contribution in [2.45, 2.75) is 6.04 Å². The van der Waals surface area contributed by atoms with E-state index in [0.717, 1.165) is 29.0 Å². The topological polar surface area (TPSA) is 86.0 Å². The summed E-state index contributed by atoms with van der Waals surface area (Å²) in [5.41, 5.74) is -2.28. The van der Waals surface area contributed by atoms with Crippen molar-refractivity contribution in [1.29, 1.82) is 0 Å². The third kappa shape index (κ3) is 3.61. The summed E-state index contributed by atoms with van der Waals surface area (Å²) >= 11 is 0. The quantitative estimate of drug-likeness (QED) is 0.638. The molecule has 32 heavy (non-hydrogen) atoms. The molecule has 0 amide bonds. The van der Waals surface area contributed by atoms with Crippen molar-refractivity contribution in [3.05, 3.63) is 69.8 Å². The first kappa shape index (κ1) is 21.8. The van der Waals surface area contributed by atoms with E-state index in [1.165, 1.54) is 17.0 Å². The number of hydrogen-bond donors (Lipinski definition) is 2. The van der Waals surface area contributed by atoms with Crippen LogP contribution >= 0.6 is 0 Å². The van der Waals surface area contributed by atoms with Crippen molar-refractivity contribution in [1.82, 2.24) is 9.47 Å². The van der Waals surface area contributed by atoms with Crippen LogP contribution in [0.25, 0.3) is 16.6 Å². The highest BCUT2D eigenvalue weighted by Gasteiger charge is 2.31. The van der Waals surface area contributed by atoms with Gasteiger partial charge in [0.15, 0.2) is 5.82 Å². The largest absolute Gasteiger partial charge is 0.477 e. The Hall–Kier alpha value is -3.37. The molecule has 0 aliphatic carbocycles. The summed E-state index contributed by atoms with van der Waals surface area (Å²) in [4.78, 5) is 27.6. The number of nitrogens with zero attached hydrogens (tertiary/aromatic N) is 3. The van der Waals surface area contributed by atoms with Crippen molar-refractivity contribution < 1.29 is 28.2 Å². The zero-order valence-electron chi connectivity index (χ0n) is 17.1. The van der Waals surface area contributed by atoms with E-state index in [0.29, 0.717) is 13.1 Å². The highest BCUT2D eigenvalue weighted by Crippen LogP contribution is 2.33. The maximum atomic E-state index is 15.9. The Kier molecular flexibility index (Phi) is 5.66. The average Bonchev–Trinajstić information content (AvgIpc) is 2.75. The molecular weight excluding hydrogens is 427 g/mol. The number of pyridine rings is 1. The monoisotopic (exact) mass is 447 g/mol. The molecule has 1 aliphatic rings. The number of hydrogen-bond acceptors (Lipinski definition) is 5. The Morgan fingerprint density at radius 2 is 1.84 bits per heavy atom. The second kappa shape index (κ2) is 8.29. The number of piperazine rings is 1. The Morgan fingerprint density at radius 1 is 1.16 bits per heavy atom. The van der Waals surface area contributed by atoms with Crippen LogP contribution in [-0.4, -0.2) is 65.0 Å². The fraction of sp³-hybridized carbons (Fsp3) is 0.273. The van der Waals surface area contributed by atoms with Gasteiger partial charge in [-0.2, -0.15) is 0 Å². The van der Waals surface area contributed by atoms with E-state index in [1.807, 2.05) is 11.9 Å². The minimum atomic E-state index is -1.56. The molecule has 2 aromatic carbocycles. The fourth-order valence-corrected chi connectivity index (χ4v) is 4.09. The summed E-state index contributed by atoms with van der Waals surface area (Å²) in [6.07, 6.45) is 0.943. The molecule has 1 atom stereocenters. The second-order valence-electron chi connectivity index (χ2n) is 7.73. The van der Waals surface area contributed by atoms with Gasteiger partial charge in [0.25, 0.3) is 0 Å². The fourth-order valence-electron chi connectivity index (χ4n) is 4.09. The van der Waals surface area contributed by atoms with Crippen LogP contribution in [-0.2, 0) is 0 Å². The van der Waals surface area contributed by atoms with Gasteiger partial charge in [-0.1, -0.05) is 0 Å². The lowest BCUT2D eigenvalue weighted by Crippen LogP contribution is -2.54. The smallest absolute Gasteiger partial charge is 0.341 e. The number of carboxylic acid groups (broad SMARTS) is 1. The molecule has 1 aliphatic heterocycles. The SMILES string of the molecule is CN1CCN(c2c(F)cc3c(=O)c(C(=O)O)cn(-c4ccc(F)cc4)c3c2F)C(CO)C1. The van der Waals surface area contributed by atoms with Gasteiger partial charge in [0.05, 0.1) is 23.6 Å². The zero-order valence-corrected chi connectivity index (χ0v) is 17.1. The number of carbonyl (C=O) groups is 1. The lowest BCUT2D eigenvalue weighted by atomic mass is 10.1. The molecule has 2 heterocycles. The van der Waals surface area contributed by atoms with Crippen LogP contribution in [0.1, 0.15) is 10.4 Å². The molecule has 0 spiro atoms. The van der Waals surface area contributed by atoms with Gasteiger partial charge in [0, 0.05) is 31.5 Å². The molecule has 0 bridgehead atoms. The molecule has 1 unspecified atom stereocenters. The Labute approximate surface area is 180 Å². The van der Waals surface area contributed by atoms with Gasteiger partial charge in [0.2, 0.25) is 5.43 Å². The van der Waals surface area contributed by atoms with Crippen LogP contribution in [0.3, 0.4) is 0 Å². The van der Waals surface area contributed by atoms with Gasteiger partial charge in [-0.15, -0.1) is 0 Å². The number of anilines is 1. The predicted octanol–water partition coefficient (Wildman–Crippen LogP) is 2.22. The van der Waals surface area contributed by atoms with Crippen LogP contribution in [0, 0.1) is 17.5 Å². The second-order valence-corrected chi connectivity index (χ2v) is 7.73. The number of carboxylic acids is 1. The third-order valence-corrected chi connectivity index (χ3v) is 5.68. The van der Waals surface area contributed by atoms with E-state index >= 15 is 8.78 Å². The van der Waals surface area contributed by atoms with Crippen molar-refractivity contribution in [2.75, 3.05) is 38.2 Å². The van der Waals surface area contributed by atoms with Crippen LogP contribution in [0.5, 0.6) is 0 Å². The van der Waals surface area contributed by atoms with Gasteiger partial charge in [-0.3, -0.25) is 4.79 Å². The number of fused-ring (bicyclic) bond motifs is 1. The van der Waals surface area contributed by atoms with E-state index in [4.69, 9.17) is 0 Å². The minimum Gasteiger partial charge on any atom is -0.477 e. The number of aromatic carboxylic acids is 1. The standard InChI is InChI=1S/C22H20F3N3O4/c1-26-6-7-27(14(9-26)11-29)20-17(24)8-15-19(18(20)25)28(10-16(21(15)30)22(31)32)13-4-2-12(23)3-5-13/h2-5,8,10,14,29H,6-7,9,11H2,1H3,(H,31,32). The van der Waals surface area contributed by atoms with Gasteiger partial charge in [0.1, 0.15) is 22.9 Å².